The lowest BCUT2D eigenvalue weighted by Crippen LogP contribution is -2.35. The molecule has 2 heterocycles. The van der Waals surface area contributed by atoms with E-state index in [2.05, 4.69) is 44.3 Å². The third kappa shape index (κ3) is 6.11. The molecule has 212 valence electrons. The second-order valence-corrected chi connectivity index (χ2v) is 10.3. The number of pyridine rings is 1. The second-order valence-electron chi connectivity index (χ2n) is 10.3. The second kappa shape index (κ2) is 11.9. The summed E-state index contributed by atoms with van der Waals surface area (Å²) < 4.78 is 21.0. The number of hydrogen-bond donors (Lipinski definition) is 2. The number of aryl methyl sites for hydroxylation is 1. The van der Waals surface area contributed by atoms with Crippen molar-refractivity contribution >= 4 is 40.2 Å². The van der Waals surface area contributed by atoms with Crippen LogP contribution in [-0.2, 0) is 9.59 Å². The Hall–Kier alpha value is -4.60. The minimum atomic E-state index is -1.17. The Morgan fingerprint density at radius 2 is 1.59 bits per heavy atom. The molecule has 0 unspecified atom stereocenters. The molecule has 1 aliphatic carbocycles. The van der Waals surface area contributed by atoms with Gasteiger partial charge in [0.25, 0.3) is 0 Å². The molecule has 0 radical (unpaired) electrons. The molecule has 1 fully saturated rings. The van der Waals surface area contributed by atoms with Crippen LogP contribution in [0.5, 0.6) is 11.5 Å². The highest BCUT2D eigenvalue weighted by molar-refractivity contribution is 6.16. The average Bonchev–Trinajstić information content (AvgIpc) is 3.78. The van der Waals surface area contributed by atoms with Crippen LogP contribution in [0.1, 0.15) is 45.1 Å². The fourth-order valence-electron chi connectivity index (χ4n) is 4.60. The molecule has 41 heavy (non-hydrogen) atoms. The van der Waals surface area contributed by atoms with Gasteiger partial charge in [-0.1, -0.05) is 31.5 Å². The molecule has 4 aromatic rings. The summed E-state index contributed by atoms with van der Waals surface area (Å²) in [5, 5.41) is 5.50. The molecule has 0 saturated heterocycles. The summed E-state index contributed by atoms with van der Waals surface area (Å²) in [6, 6.07) is 13.1. The molecule has 0 atom stereocenters. The number of aromatic nitrogens is 3. The van der Waals surface area contributed by atoms with E-state index in [1.165, 1.54) is 18.2 Å². The molecule has 2 N–H and O–H groups in total. The first kappa shape index (κ1) is 27.9. The Bertz CT molecular complexity index is 1570. The standard InChI is InChI=1S/C31H33FN6O3/c1-4-16-38(17-5-2)26-19-34-27-25(12-15-33-28(27)37-26)41-24-11-10-22(18-23(24)32)36-30(40)31(13-14-31)29(39)35-21-8-6-20(3)7-9-21/h6-12,15,18-19H,4-5,13-14,16-17H2,1-3H3,(H,35,39)(H,36,40). The van der Waals surface area contributed by atoms with E-state index in [0.29, 0.717) is 35.4 Å². The van der Waals surface area contributed by atoms with E-state index in [1.807, 2.05) is 19.1 Å². The highest BCUT2D eigenvalue weighted by Crippen LogP contribution is 2.47. The zero-order valence-electron chi connectivity index (χ0n) is 23.4. The SMILES string of the molecule is CCCN(CCC)c1cnc2c(Oc3ccc(NC(=O)C4(C(=O)Nc5ccc(C)cc5)CC4)cc3F)ccnc2n1. The largest absolute Gasteiger partial charge is 0.452 e. The number of carbonyl (C=O) groups is 2. The normalized spacial score (nSPS) is 13.5. The van der Waals surface area contributed by atoms with Crippen molar-refractivity contribution < 1.29 is 18.7 Å². The number of nitrogens with zero attached hydrogens (tertiary/aromatic N) is 4. The Labute approximate surface area is 238 Å². The van der Waals surface area contributed by atoms with Crippen molar-refractivity contribution in [1.29, 1.82) is 0 Å². The zero-order chi connectivity index (χ0) is 29.0. The van der Waals surface area contributed by atoms with Gasteiger partial charge in [0.15, 0.2) is 28.5 Å². The minimum absolute atomic E-state index is 0.0433. The molecule has 0 aliphatic heterocycles. The number of ether oxygens (including phenoxy) is 1. The fraction of sp³-hybridized carbons (Fsp3) is 0.323. The average molecular weight is 557 g/mol. The lowest BCUT2D eigenvalue weighted by molar-refractivity contribution is -0.131. The van der Waals surface area contributed by atoms with Crippen molar-refractivity contribution in [3.05, 3.63) is 72.3 Å². The van der Waals surface area contributed by atoms with Gasteiger partial charge in [-0.15, -0.1) is 0 Å². The van der Waals surface area contributed by atoms with Crippen molar-refractivity contribution in [3.8, 4) is 11.5 Å². The number of amides is 2. The molecule has 0 bridgehead atoms. The third-order valence-corrected chi connectivity index (χ3v) is 7.05. The number of benzene rings is 2. The number of fused-ring (bicyclic) bond motifs is 1. The van der Waals surface area contributed by atoms with Crippen molar-refractivity contribution in [2.75, 3.05) is 28.6 Å². The highest BCUT2D eigenvalue weighted by Gasteiger charge is 2.56. The van der Waals surface area contributed by atoms with E-state index in [1.54, 1.807) is 30.6 Å². The molecular weight excluding hydrogens is 523 g/mol. The number of anilines is 3. The predicted octanol–water partition coefficient (Wildman–Crippen LogP) is 6.25. The van der Waals surface area contributed by atoms with Crippen molar-refractivity contribution in [2.45, 2.75) is 46.5 Å². The number of hydrogen-bond acceptors (Lipinski definition) is 7. The summed E-state index contributed by atoms with van der Waals surface area (Å²) in [7, 11) is 0. The molecule has 1 saturated carbocycles. The molecule has 10 heteroatoms. The number of nitrogens with one attached hydrogen (secondary N) is 2. The monoisotopic (exact) mass is 556 g/mol. The molecule has 0 spiro atoms. The van der Waals surface area contributed by atoms with E-state index < -0.39 is 17.1 Å². The van der Waals surface area contributed by atoms with Crippen LogP contribution in [0.2, 0.25) is 0 Å². The molecule has 1 aliphatic rings. The van der Waals surface area contributed by atoms with E-state index in [4.69, 9.17) is 4.74 Å². The topological polar surface area (TPSA) is 109 Å². The van der Waals surface area contributed by atoms with Gasteiger partial charge in [-0.25, -0.2) is 19.3 Å². The molecule has 2 aromatic carbocycles. The quantitative estimate of drug-likeness (QED) is 0.210. The van der Waals surface area contributed by atoms with Gasteiger partial charge < -0.3 is 20.3 Å². The van der Waals surface area contributed by atoms with E-state index in [-0.39, 0.29) is 17.3 Å². The summed E-state index contributed by atoms with van der Waals surface area (Å²) in [5.74, 6) is -0.520. The van der Waals surface area contributed by atoms with E-state index in [9.17, 15) is 9.59 Å². The van der Waals surface area contributed by atoms with Gasteiger partial charge in [-0.05, 0) is 56.9 Å². The van der Waals surface area contributed by atoms with Gasteiger partial charge in [0.05, 0.1) is 6.20 Å². The van der Waals surface area contributed by atoms with Crippen molar-refractivity contribution in [2.24, 2.45) is 5.41 Å². The minimum Gasteiger partial charge on any atom is -0.452 e. The molecular formula is C31H33FN6O3. The molecule has 2 aromatic heterocycles. The number of halogens is 1. The zero-order valence-corrected chi connectivity index (χ0v) is 23.4. The molecule has 2 amide bonds. The first-order chi connectivity index (χ1) is 19.8. The Kier molecular flexibility index (Phi) is 8.09. The van der Waals surface area contributed by atoms with Crippen LogP contribution in [-0.4, -0.2) is 39.9 Å². The first-order valence-corrected chi connectivity index (χ1v) is 13.9. The Morgan fingerprint density at radius 3 is 2.22 bits per heavy atom. The summed E-state index contributed by atoms with van der Waals surface area (Å²) in [4.78, 5) is 41.6. The third-order valence-electron chi connectivity index (χ3n) is 7.05. The maximum Gasteiger partial charge on any atom is 0.240 e. The summed E-state index contributed by atoms with van der Waals surface area (Å²) in [6.45, 7) is 7.89. The number of carbonyl (C=O) groups excluding carboxylic acids is 2. The lowest BCUT2D eigenvalue weighted by Gasteiger charge is -2.22. The van der Waals surface area contributed by atoms with Crippen LogP contribution in [0.15, 0.2) is 60.9 Å². The highest BCUT2D eigenvalue weighted by atomic mass is 19.1. The summed E-state index contributed by atoms with van der Waals surface area (Å²) in [6.07, 6.45) is 6.03. The predicted molar refractivity (Wildman–Crippen MR) is 157 cm³/mol. The van der Waals surface area contributed by atoms with Gasteiger partial charge >= 0.3 is 0 Å². The summed E-state index contributed by atoms with van der Waals surface area (Å²) >= 11 is 0. The van der Waals surface area contributed by atoms with Gasteiger partial charge in [0.2, 0.25) is 11.8 Å². The maximum absolute atomic E-state index is 15.1. The van der Waals surface area contributed by atoms with E-state index >= 15 is 4.39 Å². The maximum atomic E-state index is 15.1. The van der Waals surface area contributed by atoms with Gasteiger partial charge in [0, 0.05) is 42.8 Å². The van der Waals surface area contributed by atoms with Crippen LogP contribution in [0.25, 0.3) is 11.2 Å². The van der Waals surface area contributed by atoms with Gasteiger partial charge in [0.1, 0.15) is 11.2 Å². The lowest BCUT2D eigenvalue weighted by atomic mass is 10.0. The fourth-order valence-corrected chi connectivity index (χ4v) is 4.60. The Balaban J connectivity index is 1.28. The van der Waals surface area contributed by atoms with E-state index in [0.717, 1.165) is 37.3 Å². The molecule has 5 rings (SSSR count). The van der Waals surface area contributed by atoms with Crippen LogP contribution in [0.4, 0.5) is 21.6 Å². The van der Waals surface area contributed by atoms with Crippen LogP contribution < -0.4 is 20.3 Å². The first-order valence-electron chi connectivity index (χ1n) is 13.9. The smallest absolute Gasteiger partial charge is 0.240 e. The van der Waals surface area contributed by atoms with Crippen molar-refractivity contribution in [1.82, 2.24) is 15.0 Å². The van der Waals surface area contributed by atoms with Crippen LogP contribution in [0.3, 0.4) is 0 Å². The van der Waals surface area contributed by atoms with Gasteiger partial charge in [-0.3, -0.25) is 9.59 Å². The Morgan fingerprint density at radius 1 is 0.927 bits per heavy atom. The summed E-state index contributed by atoms with van der Waals surface area (Å²) in [5.41, 5.74) is 1.56. The van der Waals surface area contributed by atoms with Crippen molar-refractivity contribution in [3.63, 3.8) is 0 Å². The van der Waals surface area contributed by atoms with Crippen LogP contribution in [0, 0.1) is 18.2 Å². The number of rotatable bonds is 11. The van der Waals surface area contributed by atoms with Gasteiger partial charge in [-0.2, -0.15) is 0 Å². The molecule has 9 nitrogen and oxygen atoms in total. The van der Waals surface area contributed by atoms with Crippen LogP contribution >= 0.6 is 0 Å².